The van der Waals surface area contributed by atoms with Gasteiger partial charge in [0, 0.05) is 4.88 Å². The number of halogens is 1. The van der Waals surface area contributed by atoms with Gasteiger partial charge in [0.2, 0.25) is 18.6 Å². The number of fused-ring (bicyclic) bond motifs is 1. The topological polar surface area (TPSA) is 86.5 Å². The van der Waals surface area contributed by atoms with Crippen LogP contribution in [0.1, 0.15) is 16.3 Å². The van der Waals surface area contributed by atoms with Crippen molar-refractivity contribution in [3.63, 3.8) is 0 Å². The molecular weight excluding hydrogens is 366 g/mol. The van der Waals surface area contributed by atoms with Gasteiger partial charge < -0.3 is 13.9 Å². The van der Waals surface area contributed by atoms with Gasteiger partial charge in [0.25, 0.3) is 0 Å². The molecule has 1 N–H and O–H groups in total. The number of carbonyl (C=O) groups excluding carboxylic acids is 1. The average Bonchev–Trinajstić information content (AvgIpc) is 3.29. The van der Waals surface area contributed by atoms with Crippen molar-refractivity contribution >= 4 is 34.9 Å². The smallest absolute Gasteiger partial charge is 0.322 e. The number of thiophene rings is 1. The van der Waals surface area contributed by atoms with Crippen molar-refractivity contribution < 1.29 is 18.7 Å². The normalized spacial score (nSPS) is 12.4. The van der Waals surface area contributed by atoms with Gasteiger partial charge in [-0.25, -0.2) is 0 Å². The van der Waals surface area contributed by atoms with Crippen molar-refractivity contribution in [3.8, 4) is 11.5 Å². The van der Waals surface area contributed by atoms with Gasteiger partial charge in [-0.05, 0) is 29.8 Å². The Kier molecular flexibility index (Phi) is 4.29. The number of aromatic nitrogens is 2. The van der Waals surface area contributed by atoms with Crippen molar-refractivity contribution in [1.82, 2.24) is 10.2 Å². The van der Waals surface area contributed by atoms with Crippen LogP contribution in [0.3, 0.4) is 0 Å². The molecule has 25 heavy (non-hydrogen) atoms. The van der Waals surface area contributed by atoms with Crippen LogP contribution in [0.4, 0.5) is 6.01 Å². The molecule has 0 bridgehead atoms. The Morgan fingerprint density at radius 2 is 2.08 bits per heavy atom. The second kappa shape index (κ2) is 6.73. The fourth-order valence-electron chi connectivity index (χ4n) is 2.37. The van der Waals surface area contributed by atoms with Crippen molar-refractivity contribution in [2.75, 3.05) is 12.1 Å². The zero-order valence-corrected chi connectivity index (χ0v) is 14.4. The number of benzene rings is 1. The van der Waals surface area contributed by atoms with Crippen LogP contribution in [0.25, 0.3) is 0 Å². The van der Waals surface area contributed by atoms with Gasteiger partial charge in [-0.3, -0.25) is 10.1 Å². The third-order valence-corrected chi connectivity index (χ3v) is 4.70. The first-order chi connectivity index (χ1) is 12.2. The molecule has 1 amide bonds. The number of ether oxygens (including phenoxy) is 2. The lowest BCUT2D eigenvalue weighted by Gasteiger charge is -2.02. The molecule has 0 radical (unpaired) electrons. The van der Waals surface area contributed by atoms with E-state index in [0.717, 1.165) is 10.4 Å². The van der Waals surface area contributed by atoms with Crippen LogP contribution in [0, 0.1) is 0 Å². The molecule has 9 heteroatoms. The SMILES string of the molecule is O=C(Cc1ccc2c(c1)OCO2)Nc1nnc(Cc2ccc(Cl)s2)o1. The van der Waals surface area contributed by atoms with Crippen LogP contribution in [0.5, 0.6) is 11.5 Å². The lowest BCUT2D eigenvalue weighted by atomic mass is 10.1. The predicted octanol–water partition coefficient (Wildman–Crippen LogP) is 3.29. The lowest BCUT2D eigenvalue weighted by molar-refractivity contribution is -0.115. The second-order valence-corrected chi connectivity index (χ2v) is 7.10. The maximum Gasteiger partial charge on any atom is 0.322 e. The predicted molar refractivity (Wildman–Crippen MR) is 91.3 cm³/mol. The minimum Gasteiger partial charge on any atom is -0.454 e. The molecule has 128 valence electrons. The van der Waals surface area contributed by atoms with Gasteiger partial charge in [0.15, 0.2) is 11.5 Å². The molecule has 0 aliphatic carbocycles. The fourth-order valence-corrected chi connectivity index (χ4v) is 3.45. The van der Waals surface area contributed by atoms with E-state index >= 15 is 0 Å². The summed E-state index contributed by atoms with van der Waals surface area (Å²) < 4.78 is 16.7. The van der Waals surface area contributed by atoms with Gasteiger partial charge in [-0.1, -0.05) is 22.8 Å². The van der Waals surface area contributed by atoms with E-state index < -0.39 is 0 Å². The van der Waals surface area contributed by atoms with Crippen LogP contribution in [-0.2, 0) is 17.6 Å². The van der Waals surface area contributed by atoms with Crippen molar-refractivity contribution in [2.45, 2.75) is 12.8 Å². The van der Waals surface area contributed by atoms with Gasteiger partial charge in [-0.2, -0.15) is 0 Å². The fraction of sp³-hybridized carbons (Fsp3) is 0.188. The molecule has 1 aliphatic heterocycles. The molecule has 4 rings (SSSR count). The molecule has 0 saturated heterocycles. The monoisotopic (exact) mass is 377 g/mol. The molecule has 0 saturated carbocycles. The number of nitrogens with one attached hydrogen (secondary N) is 1. The van der Waals surface area contributed by atoms with Crippen LogP contribution in [-0.4, -0.2) is 22.9 Å². The molecule has 2 aromatic heterocycles. The highest BCUT2D eigenvalue weighted by Crippen LogP contribution is 2.32. The molecule has 0 fully saturated rings. The van der Waals surface area contributed by atoms with E-state index in [9.17, 15) is 4.79 Å². The van der Waals surface area contributed by atoms with E-state index in [4.69, 9.17) is 25.5 Å². The Bertz CT molecular complexity index is 924. The number of amides is 1. The molecule has 0 spiro atoms. The van der Waals surface area contributed by atoms with E-state index in [1.54, 1.807) is 12.1 Å². The first-order valence-corrected chi connectivity index (χ1v) is 8.60. The number of rotatable bonds is 5. The van der Waals surface area contributed by atoms with Gasteiger partial charge >= 0.3 is 6.01 Å². The number of anilines is 1. The first kappa shape index (κ1) is 15.9. The number of nitrogens with zero attached hydrogens (tertiary/aromatic N) is 2. The Morgan fingerprint density at radius 1 is 1.20 bits per heavy atom. The Hall–Kier alpha value is -2.58. The zero-order valence-electron chi connectivity index (χ0n) is 12.8. The summed E-state index contributed by atoms with van der Waals surface area (Å²) in [5.74, 6) is 1.48. The molecule has 3 aromatic rings. The first-order valence-electron chi connectivity index (χ1n) is 7.41. The van der Waals surface area contributed by atoms with Gasteiger partial charge in [0.1, 0.15) is 0 Å². The van der Waals surface area contributed by atoms with E-state index in [1.165, 1.54) is 11.3 Å². The molecular formula is C16H12ClN3O4S. The minimum atomic E-state index is -0.256. The Labute approximate surface area is 151 Å². The Balaban J connectivity index is 1.36. The van der Waals surface area contributed by atoms with Gasteiger partial charge in [-0.15, -0.1) is 16.4 Å². The summed E-state index contributed by atoms with van der Waals surface area (Å²) in [5.41, 5.74) is 0.801. The Morgan fingerprint density at radius 3 is 2.92 bits per heavy atom. The van der Waals surface area contributed by atoms with Crippen LogP contribution < -0.4 is 14.8 Å². The maximum absolute atomic E-state index is 12.1. The second-order valence-electron chi connectivity index (χ2n) is 5.30. The molecule has 7 nitrogen and oxygen atoms in total. The van der Waals surface area contributed by atoms with E-state index in [2.05, 4.69) is 15.5 Å². The molecule has 0 atom stereocenters. The van der Waals surface area contributed by atoms with Crippen molar-refractivity contribution in [2.24, 2.45) is 0 Å². The highest BCUT2D eigenvalue weighted by Gasteiger charge is 2.16. The summed E-state index contributed by atoms with van der Waals surface area (Å²) in [6.07, 6.45) is 0.636. The van der Waals surface area contributed by atoms with Crippen molar-refractivity contribution in [1.29, 1.82) is 0 Å². The average molecular weight is 378 g/mol. The zero-order chi connectivity index (χ0) is 17.2. The van der Waals surface area contributed by atoms with Crippen LogP contribution >= 0.6 is 22.9 Å². The van der Waals surface area contributed by atoms with E-state index in [1.807, 2.05) is 18.2 Å². The number of hydrogen-bond donors (Lipinski definition) is 1. The minimum absolute atomic E-state index is 0.0726. The quantitative estimate of drug-likeness (QED) is 0.734. The lowest BCUT2D eigenvalue weighted by Crippen LogP contribution is -2.14. The number of hydrogen-bond acceptors (Lipinski definition) is 7. The standard InChI is InChI=1S/C16H12ClN3O4S/c17-13-4-2-10(25-13)7-15-19-20-16(24-15)18-14(21)6-9-1-3-11-12(5-9)23-8-22-11/h1-5H,6-8H2,(H,18,20,21). The number of carbonyl (C=O) groups is 1. The van der Waals surface area contributed by atoms with Crippen molar-refractivity contribution in [3.05, 3.63) is 51.0 Å². The summed E-state index contributed by atoms with van der Waals surface area (Å²) in [6, 6.07) is 9.15. The summed E-state index contributed by atoms with van der Waals surface area (Å²) in [7, 11) is 0. The summed E-state index contributed by atoms with van der Waals surface area (Å²) in [5, 5.41) is 10.4. The van der Waals surface area contributed by atoms with Crippen LogP contribution in [0.2, 0.25) is 4.34 Å². The highest BCUT2D eigenvalue weighted by atomic mass is 35.5. The molecule has 3 heterocycles. The maximum atomic E-state index is 12.1. The largest absolute Gasteiger partial charge is 0.454 e. The summed E-state index contributed by atoms with van der Waals surface area (Å²) in [6.45, 7) is 0.200. The highest BCUT2D eigenvalue weighted by molar-refractivity contribution is 7.16. The van der Waals surface area contributed by atoms with E-state index in [-0.39, 0.29) is 25.1 Å². The summed E-state index contributed by atoms with van der Waals surface area (Å²) >= 11 is 7.34. The van der Waals surface area contributed by atoms with Gasteiger partial charge in [0.05, 0.1) is 17.2 Å². The van der Waals surface area contributed by atoms with E-state index in [0.29, 0.717) is 28.1 Å². The van der Waals surface area contributed by atoms with Crippen LogP contribution in [0.15, 0.2) is 34.7 Å². The third-order valence-electron chi connectivity index (χ3n) is 3.47. The third kappa shape index (κ3) is 3.75. The molecule has 0 unspecified atom stereocenters. The summed E-state index contributed by atoms with van der Waals surface area (Å²) in [4.78, 5) is 13.1. The molecule has 1 aliphatic rings. The molecule has 1 aromatic carbocycles.